The highest BCUT2D eigenvalue weighted by molar-refractivity contribution is 6.13. The molecule has 0 aliphatic carbocycles. The van der Waals surface area contributed by atoms with E-state index < -0.39 is 0 Å². The first-order chi connectivity index (χ1) is 13.0. The van der Waals surface area contributed by atoms with E-state index in [0.717, 1.165) is 27.9 Å². The minimum Gasteiger partial charge on any atom is -0.463 e. The number of carbonyl (C=O) groups excluding carboxylic acids is 1. The van der Waals surface area contributed by atoms with E-state index in [1.54, 1.807) is 23.1 Å². The molecule has 1 amide bonds. The molecule has 1 N–H and O–H groups in total. The van der Waals surface area contributed by atoms with Gasteiger partial charge in [0, 0.05) is 12.7 Å². The Bertz CT molecular complexity index is 1160. The topological polar surface area (TPSA) is 73.0 Å². The van der Waals surface area contributed by atoms with E-state index in [1.807, 2.05) is 52.1 Å². The number of furan rings is 1. The van der Waals surface area contributed by atoms with Crippen molar-refractivity contribution in [1.29, 1.82) is 0 Å². The van der Waals surface area contributed by atoms with Crippen LogP contribution in [0.15, 0.2) is 47.1 Å². The van der Waals surface area contributed by atoms with Gasteiger partial charge in [-0.25, -0.2) is 4.98 Å². The third-order valence-corrected chi connectivity index (χ3v) is 4.84. The third kappa shape index (κ3) is 2.89. The van der Waals surface area contributed by atoms with Crippen LogP contribution in [0, 0.1) is 20.8 Å². The van der Waals surface area contributed by atoms with Gasteiger partial charge >= 0.3 is 0 Å². The third-order valence-electron chi connectivity index (χ3n) is 4.84. The number of nitrogens with zero attached hydrogens (tertiary/aromatic N) is 3. The summed E-state index contributed by atoms with van der Waals surface area (Å²) in [4.78, 5) is 17.8. The summed E-state index contributed by atoms with van der Waals surface area (Å²) in [6.45, 7) is 5.90. The lowest BCUT2D eigenvalue weighted by Gasteiger charge is -2.12. The molecule has 4 aromatic rings. The Morgan fingerprint density at radius 3 is 2.70 bits per heavy atom. The summed E-state index contributed by atoms with van der Waals surface area (Å²) in [5.74, 6) is 0.413. The molecule has 1 aromatic carbocycles. The van der Waals surface area contributed by atoms with Gasteiger partial charge in [-0.15, -0.1) is 0 Å². The first kappa shape index (κ1) is 17.0. The van der Waals surface area contributed by atoms with Gasteiger partial charge in [-0.3, -0.25) is 9.48 Å². The van der Waals surface area contributed by atoms with Crippen LogP contribution in [0.4, 0.5) is 5.69 Å². The zero-order valence-corrected chi connectivity index (χ0v) is 15.7. The number of hydrogen-bond acceptors (Lipinski definition) is 4. The van der Waals surface area contributed by atoms with Crippen molar-refractivity contribution < 1.29 is 9.21 Å². The zero-order chi connectivity index (χ0) is 19.1. The average Bonchev–Trinajstić information content (AvgIpc) is 3.27. The first-order valence-corrected chi connectivity index (χ1v) is 8.71. The smallest absolute Gasteiger partial charge is 0.256 e. The van der Waals surface area contributed by atoms with Crippen LogP contribution in [-0.2, 0) is 7.05 Å². The van der Waals surface area contributed by atoms with Crippen molar-refractivity contribution in [2.24, 2.45) is 7.05 Å². The lowest BCUT2D eigenvalue weighted by atomic mass is 10.1. The molecule has 0 radical (unpaired) electrons. The maximum atomic E-state index is 13.2. The fourth-order valence-electron chi connectivity index (χ4n) is 3.25. The number of nitrogens with one attached hydrogen (secondary N) is 1. The maximum Gasteiger partial charge on any atom is 0.256 e. The first-order valence-electron chi connectivity index (χ1n) is 8.71. The van der Waals surface area contributed by atoms with Gasteiger partial charge in [0.05, 0.1) is 22.9 Å². The van der Waals surface area contributed by atoms with E-state index in [2.05, 4.69) is 15.4 Å². The van der Waals surface area contributed by atoms with Gasteiger partial charge in [0.1, 0.15) is 5.69 Å². The minimum atomic E-state index is -0.194. The van der Waals surface area contributed by atoms with Crippen molar-refractivity contribution >= 4 is 22.6 Å². The zero-order valence-electron chi connectivity index (χ0n) is 15.7. The van der Waals surface area contributed by atoms with Crippen molar-refractivity contribution in [1.82, 2.24) is 14.8 Å². The molecular formula is C21H20N4O2. The van der Waals surface area contributed by atoms with E-state index in [4.69, 9.17) is 4.42 Å². The summed E-state index contributed by atoms with van der Waals surface area (Å²) in [5.41, 5.74) is 5.50. The number of aromatic nitrogens is 3. The molecule has 6 heteroatoms. The molecule has 3 aromatic heterocycles. The Balaban J connectivity index is 1.86. The predicted molar refractivity (Wildman–Crippen MR) is 105 cm³/mol. The number of hydrogen-bond donors (Lipinski definition) is 1. The molecular weight excluding hydrogens is 340 g/mol. The Morgan fingerprint density at radius 1 is 1.15 bits per heavy atom. The van der Waals surface area contributed by atoms with Gasteiger partial charge in [-0.1, -0.05) is 12.1 Å². The second-order valence-corrected chi connectivity index (χ2v) is 6.64. The second-order valence-electron chi connectivity index (χ2n) is 6.64. The molecule has 0 atom stereocenters. The number of anilines is 1. The van der Waals surface area contributed by atoms with E-state index in [1.165, 1.54) is 0 Å². The SMILES string of the molecule is Cc1cccc(NC(=O)c2cc(-c3ccco3)nc3c2c(C)nn3C)c1C. The van der Waals surface area contributed by atoms with Crippen LogP contribution in [0.25, 0.3) is 22.5 Å². The van der Waals surface area contributed by atoms with E-state index in [9.17, 15) is 4.79 Å². The normalized spacial score (nSPS) is 11.1. The van der Waals surface area contributed by atoms with Crippen molar-refractivity contribution in [2.75, 3.05) is 5.32 Å². The lowest BCUT2D eigenvalue weighted by Crippen LogP contribution is -2.14. The summed E-state index contributed by atoms with van der Waals surface area (Å²) < 4.78 is 7.17. The Morgan fingerprint density at radius 2 is 1.96 bits per heavy atom. The van der Waals surface area contributed by atoms with Crippen molar-refractivity contribution in [2.45, 2.75) is 20.8 Å². The quantitative estimate of drug-likeness (QED) is 0.587. The van der Waals surface area contributed by atoms with Crippen molar-refractivity contribution in [3.8, 4) is 11.5 Å². The Labute approximate surface area is 156 Å². The molecule has 0 saturated heterocycles. The van der Waals surface area contributed by atoms with Crippen LogP contribution in [-0.4, -0.2) is 20.7 Å². The monoisotopic (exact) mass is 360 g/mol. The van der Waals surface area contributed by atoms with Gasteiger partial charge in [0.2, 0.25) is 0 Å². The molecule has 0 saturated carbocycles. The molecule has 4 rings (SSSR count). The molecule has 0 unspecified atom stereocenters. The molecule has 6 nitrogen and oxygen atoms in total. The number of carbonyl (C=O) groups is 1. The fourth-order valence-corrected chi connectivity index (χ4v) is 3.25. The molecule has 0 aliphatic heterocycles. The average molecular weight is 360 g/mol. The summed E-state index contributed by atoms with van der Waals surface area (Å²) in [5, 5.41) is 8.22. The van der Waals surface area contributed by atoms with Crippen LogP contribution < -0.4 is 5.32 Å². The molecule has 27 heavy (non-hydrogen) atoms. The van der Waals surface area contributed by atoms with E-state index in [0.29, 0.717) is 22.7 Å². The second kappa shape index (κ2) is 6.39. The predicted octanol–water partition coefficient (Wildman–Crippen LogP) is 4.41. The Kier molecular flexibility index (Phi) is 4.03. The van der Waals surface area contributed by atoms with E-state index >= 15 is 0 Å². The highest BCUT2D eigenvalue weighted by Gasteiger charge is 2.20. The van der Waals surface area contributed by atoms with Gasteiger partial charge < -0.3 is 9.73 Å². The van der Waals surface area contributed by atoms with Crippen LogP contribution >= 0.6 is 0 Å². The molecule has 136 valence electrons. The van der Waals surface area contributed by atoms with Crippen LogP contribution in [0.3, 0.4) is 0 Å². The molecule has 3 heterocycles. The van der Waals surface area contributed by atoms with Crippen molar-refractivity contribution in [3.63, 3.8) is 0 Å². The van der Waals surface area contributed by atoms with Gasteiger partial charge in [-0.05, 0) is 56.2 Å². The highest BCUT2D eigenvalue weighted by Crippen LogP contribution is 2.28. The lowest BCUT2D eigenvalue weighted by molar-refractivity contribution is 0.102. The number of pyridine rings is 1. The van der Waals surface area contributed by atoms with Crippen LogP contribution in [0.5, 0.6) is 0 Å². The molecule has 0 bridgehead atoms. The summed E-state index contributed by atoms with van der Waals surface area (Å²) in [6.07, 6.45) is 1.59. The van der Waals surface area contributed by atoms with Crippen LogP contribution in [0.1, 0.15) is 27.2 Å². The Hall–Kier alpha value is -3.41. The summed E-state index contributed by atoms with van der Waals surface area (Å²) >= 11 is 0. The van der Waals surface area contributed by atoms with Gasteiger partial charge in [0.15, 0.2) is 11.4 Å². The number of fused-ring (bicyclic) bond motifs is 1. The fraction of sp³-hybridized carbons (Fsp3) is 0.190. The maximum absolute atomic E-state index is 13.2. The number of aryl methyl sites for hydroxylation is 3. The van der Waals surface area contributed by atoms with E-state index in [-0.39, 0.29) is 5.91 Å². The standard InChI is InChI=1S/C21H20N4O2/c1-12-7-5-8-16(13(12)2)23-21(26)15-11-17(18-9-6-10-27-18)22-20-19(15)14(3)24-25(20)4/h5-11H,1-4H3,(H,23,26). The van der Waals surface area contributed by atoms with Gasteiger partial charge in [-0.2, -0.15) is 5.10 Å². The number of rotatable bonds is 3. The molecule has 0 fully saturated rings. The van der Waals surface area contributed by atoms with Crippen molar-refractivity contribution in [3.05, 3.63) is 65.0 Å². The molecule has 0 spiro atoms. The minimum absolute atomic E-state index is 0.194. The summed E-state index contributed by atoms with van der Waals surface area (Å²) in [6, 6.07) is 11.2. The number of benzene rings is 1. The largest absolute Gasteiger partial charge is 0.463 e. The molecule has 0 aliphatic rings. The van der Waals surface area contributed by atoms with Gasteiger partial charge in [0.25, 0.3) is 5.91 Å². The summed E-state index contributed by atoms with van der Waals surface area (Å²) in [7, 11) is 1.82. The number of amides is 1. The van der Waals surface area contributed by atoms with Crippen LogP contribution in [0.2, 0.25) is 0 Å². The highest BCUT2D eigenvalue weighted by atomic mass is 16.3.